The van der Waals surface area contributed by atoms with Crippen LogP contribution in [0.2, 0.25) is 0 Å². The first-order chi connectivity index (χ1) is 3.27. The van der Waals surface area contributed by atoms with Crippen molar-refractivity contribution < 1.29 is 4.74 Å². The molecule has 0 bridgehead atoms. The summed E-state index contributed by atoms with van der Waals surface area (Å²) in [5.41, 5.74) is 0. The average molecular weight is 100 g/mol. The second-order valence-corrected chi connectivity index (χ2v) is 1.53. The van der Waals surface area contributed by atoms with Crippen LogP contribution in [0.1, 0.15) is 13.3 Å². The minimum absolute atomic E-state index is 0.113. The summed E-state index contributed by atoms with van der Waals surface area (Å²) in [5, 5.41) is 0. The summed E-state index contributed by atoms with van der Waals surface area (Å²) in [4.78, 5) is 0. The topological polar surface area (TPSA) is 9.23 Å². The molecule has 0 spiro atoms. The SMILES string of the molecule is [CH2]CCOC([CH2])C. The Labute approximate surface area is 45.7 Å². The molecular weight excluding hydrogens is 88.1 g/mol. The quantitative estimate of drug-likeness (QED) is 0.521. The summed E-state index contributed by atoms with van der Waals surface area (Å²) in [6, 6.07) is 0. The first-order valence-electron chi connectivity index (χ1n) is 2.51. The number of hydrogen-bond donors (Lipinski definition) is 0. The molecule has 1 atom stereocenters. The molecule has 0 aliphatic carbocycles. The van der Waals surface area contributed by atoms with E-state index >= 15 is 0 Å². The first-order valence-corrected chi connectivity index (χ1v) is 2.51. The number of ether oxygens (including phenoxy) is 1. The Balaban J connectivity index is 2.68. The van der Waals surface area contributed by atoms with E-state index in [2.05, 4.69) is 13.8 Å². The molecule has 0 N–H and O–H groups in total. The molecule has 1 unspecified atom stereocenters. The molecule has 0 fully saturated rings. The van der Waals surface area contributed by atoms with Gasteiger partial charge in [-0.1, -0.05) is 6.92 Å². The van der Waals surface area contributed by atoms with E-state index in [0.717, 1.165) is 13.0 Å². The zero-order chi connectivity index (χ0) is 5.70. The lowest BCUT2D eigenvalue weighted by molar-refractivity contribution is 0.0993. The third-order valence-electron chi connectivity index (χ3n) is 0.547. The summed E-state index contributed by atoms with van der Waals surface area (Å²) in [6.45, 7) is 9.87. The Morgan fingerprint density at radius 1 is 1.71 bits per heavy atom. The van der Waals surface area contributed by atoms with Crippen molar-refractivity contribution in [1.29, 1.82) is 0 Å². The smallest absolute Gasteiger partial charge is 0.0547 e. The van der Waals surface area contributed by atoms with E-state index in [4.69, 9.17) is 4.74 Å². The fourth-order valence-electron chi connectivity index (χ4n) is 0.285. The van der Waals surface area contributed by atoms with Crippen LogP contribution in [0.25, 0.3) is 0 Å². The standard InChI is InChI=1S/C6H12O/c1-4-5-7-6(2)3/h6H,1-2,4-5H2,3H3. The molecule has 7 heavy (non-hydrogen) atoms. The molecule has 1 heteroatoms. The van der Waals surface area contributed by atoms with E-state index in [-0.39, 0.29) is 6.10 Å². The third-order valence-corrected chi connectivity index (χ3v) is 0.547. The maximum absolute atomic E-state index is 5.02. The molecule has 0 aromatic heterocycles. The highest BCUT2D eigenvalue weighted by atomic mass is 16.5. The Morgan fingerprint density at radius 2 is 2.29 bits per heavy atom. The molecule has 0 heterocycles. The lowest BCUT2D eigenvalue weighted by Crippen LogP contribution is -2.02. The third kappa shape index (κ3) is 5.96. The summed E-state index contributed by atoms with van der Waals surface area (Å²) in [6.07, 6.45) is 0.946. The van der Waals surface area contributed by atoms with Gasteiger partial charge < -0.3 is 4.74 Å². The predicted octanol–water partition coefficient (Wildman–Crippen LogP) is 1.45. The van der Waals surface area contributed by atoms with Crippen molar-refractivity contribution in [2.24, 2.45) is 0 Å². The minimum Gasteiger partial charge on any atom is -0.379 e. The van der Waals surface area contributed by atoms with Crippen molar-refractivity contribution in [2.45, 2.75) is 19.4 Å². The highest BCUT2D eigenvalue weighted by molar-refractivity contribution is 4.49. The fourth-order valence-corrected chi connectivity index (χ4v) is 0.285. The van der Waals surface area contributed by atoms with Crippen LogP contribution in [0.5, 0.6) is 0 Å². The van der Waals surface area contributed by atoms with Gasteiger partial charge in [-0.15, -0.1) is 0 Å². The van der Waals surface area contributed by atoms with Crippen LogP contribution in [0, 0.1) is 13.8 Å². The van der Waals surface area contributed by atoms with E-state index in [0.29, 0.717) is 0 Å². The van der Waals surface area contributed by atoms with Crippen molar-refractivity contribution in [1.82, 2.24) is 0 Å². The van der Waals surface area contributed by atoms with Gasteiger partial charge >= 0.3 is 0 Å². The van der Waals surface area contributed by atoms with E-state index in [1.54, 1.807) is 0 Å². The second-order valence-electron chi connectivity index (χ2n) is 1.53. The molecule has 0 aromatic rings. The maximum atomic E-state index is 5.02. The van der Waals surface area contributed by atoms with Gasteiger partial charge in [-0.2, -0.15) is 0 Å². The van der Waals surface area contributed by atoms with Crippen LogP contribution in [0.3, 0.4) is 0 Å². The van der Waals surface area contributed by atoms with Gasteiger partial charge in [-0.25, -0.2) is 0 Å². The van der Waals surface area contributed by atoms with Crippen molar-refractivity contribution in [3.8, 4) is 0 Å². The molecule has 0 rings (SSSR count). The van der Waals surface area contributed by atoms with E-state index in [1.807, 2.05) is 6.92 Å². The molecule has 0 saturated carbocycles. The molecule has 0 amide bonds. The van der Waals surface area contributed by atoms with Gasteiger partial charge in [0.1, 0.15) is 0 Å². The predicted molar refractivity (Wildman–Crippen MR) is 30.7 cm³/mol. The highest BCUT2D eigenvalue weighted by Gasteiger charge is 1.87. The lowest BCUT2D eigenvalue weighted by atomic mass is 10.4. The van der Waals surface area contributed by atoms with Crippen LogP contribution in [-0.4, -0.2) is 12.7 Å². The van der Waals surface area contributed by atoms with Crippen molar-refractivity contribution >= 4 is 0 Å². The van der Waals surface area contributed by atoms with Crippen LogP contribution in [0.15, 0.2) is 0 Å². The number of hydrogen-bond acceptors (Lipinski definition) is 1. The zero-order valence-corrected chi connectivity index (χ0v) is 4.81. The molecule has 2 radical (unpaired) electrons. The van der Waals surface area contributed by atoms with Gasteiger partial charge in [-0.3, -0.25) is 0 Å². The fraction of sp³-hybridized carbons (Fsp3) is 0.667. The molecular formula is C6H12O. The van der Waals surface area contributed by atoms with Crippen molar-refractivity contribution in [3.63, 3.8) is 0 Å². The Morgan fingerprint density at radius 3 is 2.43 bits per heavy atom. The van der Waals surface area contributed by atoms with Crippen LogP contribution < -0.4 is 0 Å². The van der Waals surface area contributed by atoms with E-state index < -0.39 is 0 Å². The minimum atomic E-state index is 0.113. The van der Waals surface area contributed by atoms with Crippen LogP contribution in [0.4, 0.5) is 0 Å². The van der Waals surface area contributed by atoms with Crippen LogP contribution >= 0.6 is 0 Å². The van der Waals surface area contributed by atoms with Gasteiger partial charge in [0, 0.05) is 6.61 Å². The molecule has 42 valence electrons. The largest absolute Gasteiger partial charge is 0.379 e. The van der Waals surface area contributed by atoms with Crippen molar-refractivity contribution in [3.05, 3.63) is 13.8 Å². The average Bonchev–Trinajstić information content (AvgIpc) is 1.61. The monoisotopic (exact) mass is 100 g/mol. The second kappa shape index (κ2) is 4.13. The summed E-state index contributed by atoms with van der Waals surface area (Å²) in [5.74, 6) is 0. The van der Waals surface area contributed by atoms with E-state index in [1.165, 1.54) is 0 Å². The van der Waals surface area contributed by atoms with Crippen LogP contribution in [-0.2, 0) is 4.74 Å². The van der Waals surface area contributed by atoms with Crippen molar-refractivity contribution in [2.75, 3.05) is 6.61 Å². The molecule has 1 nitrogen and oxygen atoms in total. The van der Waals surface area contributed by atoms with Gasteiger partial charge in [-0.05, 0) is 20.3 Å². The summed E-state index contributed by atoms with van der Waals surface area (Å²) in [7, 11) is 0. The summed E-state index contributed by atoms with van der Waals surface area (Å²) >= 11 is 0. The molecule has 0 aliphatic rings. The maximum Gasteiger partial charge on any atom is 0.0547 e. The van der Waals surface area contributed by atoms with Gasteiger partial charge in [0.05, 0.1) is 6.10 Å². The van der Waals surface area contributed by atoms with E-state index in [9.17, 15) is 0 Å². The highest BCUT2D eigenvalue weighted by Crippen LogP contribution is 1.86. The van der Waals surface area contributed by atoms with Gasteiger partial charge in [0.2, 0.25) is 0 Å². The van der Waals surface area contributed by atoms with Gasteiger partial charge in [0.25, 0.3) is 0 Å². The lowest BCUT2D eigenvalue weighted by Gasteiger charge is -2.02. The normalized spacial score (nSPS) is 10.3. The van der Waals surface area contributed by atoms with Gasteiger partial charge in [0.15, 0.2) is 0 Å². The Kier molecular flexibility index (Phi) is 4.10. The Hall–Kier alpha value is -0.0400. The molecule has 0 aromatic carbocycles. The first kappa shape index (κ1) is 6.96. The Bertz CT molecular complexity index is 33.2. The zero-order valence-electron chi connectivity index (χ0n) is 4.81. The number of rotatable bonds is 3. The molecule has 0 saturated heterocycles. The summed E-state index contributed by atoms with van der Waals surface area (Å²) < 4.78 is 5.02. The molecule has 0 aliphatic heterocycles.